The van der Waals surface area contributed by atoms with E-state index in [9.17, 15) is 13.5 Å². The summed E-state index contributed by atoms with van der Waals surface area (Å²) in [7, 11) is -3.37. The monoisotopic (exact) mass is 385 g/mol. The fraction of sp³-hybridized carbons (Fsp3) is 0.833. The summed E-state index contributed by atoms with van der Waals surface area (Å²) in [6.45, 7) is 5.97. The summed E-state index contributed by atoms with van der Waals surface area (Å²) in [4.78, 5) is 6.62. The van der Waals surface area contributed by atoms with Gasteiger partial charge in [-0.3, -0.25) is 4.90 Å². The highest BCUT2D eigenvalue weighted by Crippen LogP contribution is 2.23. The summed E-state index contributed by atoms with van der Waals surface area (Å²) in [6.07, 6.45) is 6.33. The largest absolute Gasteiger partial charge is 0.396 e. The van der Waals surface area contributed by atoms with Crippen LogP contribution in [-0.2, 0) is 27.7 Å². The number of nitrogens with zero attached hydrogens (tertiary/aromatic N) is 3. The van der Waals surface area contributed by atoms with Crippen LogP contribution < -0.4 is 0 Å². The number of aromatic nitrogens is 2. The van der Waals surface area contributed by atoms with Gasteiger partial charge in [0.15, 0.2) is 0 Å². The van der Waals surface area contributed by atoms with Crippen LogP contribution in [0.3, 0.4) is 0 Å². The molecule has 1 aromatic rings. The molecule has 0 bridgehead atoms. The van der Waals surface area contributed by atoms with Gasteiger partial charge in [-0.1, -0.05) is 6.92 Å². The lowest BCUT2D eigenvalue weighted by Gasteiger charge is -2.31. The number of ether oxygens (including phenoxy) is 1. The Kier molecular flexibility index (Phi) is 6.71. The molecule has 0 amide bonds. The van der Waals surface area contributed by atoms with Crippen LogP contribution in [0.1, 0.15) is 44.7 Å². The van der Waals surface area contributed by atoms with E-state index in [1.165, 1.54) is 0 Å². The van der Waals surface area contributed by atoms with E-state index in [1.807, 2.05) is 11.5 Å². The second-order valence-corrected chi connectivity index (χ2v) is 9.50. The van der Waals surface area contributed by atoms with E-state index in [-0.39, 0.29) is 23.6 Å². The average molecular weight is 386 g/mol. The van der Waals surface area contributed by atoms with Crippen LogP contribution in [0.25, 0.3) is 0 Å². The molecule has 2 aliphatic rings. The minimum atomic E-state index is -3.37. The Labute approximate surface area is 156 Å². The lowest BCUT2D eigenvalue weighted by atomic mass is 9.98. The molecule has 1 aromatic heterocycles. The first-order valence-electron chi connectivity index (χ1n) is 9.75. The summed E-state index contributed by atoms with van der Waals surface area (Å²) in [5, 5.41) is 9.49. The Balaban J connectivity index is 1.78. The van der Waals surface area contributed by atoms with Gasteiger partial charge in [-0.25, -0.2) is 13.4 Å². The quantitative estimate of drug-likeness (QED) is 0.729. The Morgan fingerprint density at radius 3 is 2.69 bits per heavy atom. The number of hydrogen-bond acceptors (Lipinski definition) is 6. The lowest BCUT2D eigenvalue weighted by Crippen LogP contribution is -2.35. The molecule has 2 saturated heterocycles. The van der Waals surface area contributed by atoms with Crippen molar-refractivity contribution in [1.82, 2.24) is 14.5 Å². The van der Waals surface area contributed by atoms with Crippen LogP contribution in [0.2, 0.25) is 0 Å². The van der Waals surface area contributed by atoms with E-state index in [2.05, 4.69) is 9.88 Å². The SMILES string of the molecule is CCCS(=O)(=O)c1ncc(CN2CCC(CO)CC2)n1CC1CCCO1. The molecule has 1 atom stereocenters. The van der Waals surface area contributed by atoms with Crippen molar-refractivity contribution < 1.29 is 18.3 Å². The fourth-order valence-corrected chi connectivity index (χ4v) is 5.33. The first-order chi connectivity index (χ1) is 12.5. The van der Waals surface area contributed by atoms with Crippen LogP contribution >= 0.6 is 0 Å². The van der Waals surface area contributed by atoms with Crippen molar-refractivity contribution in [2.75, 3.05) is 32.1 Å². The number of aliphatic hydroxyl groups is 1. The van der Waals surface area contributed by atoms with Crippen molar-refractivity contribution in [2.45, 2.75) is 63.4 Å². The zero-order chi connectivity index (χ0) is 18.6. The number of imidazole rings is 1. The van der Waals surface area contributed by atoms with Crippen molar-refractivity contribution in [3.05, 3.63) is 11.9 Å². The molecular weight excluding hydrogens is 354 g/mol. The first-order valence-corrected chi connectivity index (χ1v) is 11.4. The van der Waals surface area contributed by atoms with Crippen LogP contribution in [0.4, 0.5) is 0 Å². The van der Waals surface area contributed by atoms with Crippen molar-refractivity contribution >= 4 is 9.84 Å². The van der Waals surface area contributed by atoms with Crippen molar-refractivity contribution in [2.24, 2.45) is 5.92 Å². The van der Waals surface area contributed by atoms with E-state index in [0.717, 1.165) is 51.1 Å². The molecule has 1 unspecified atom stereocenters. The maximum Gasteiger partial charge on any atom is 0.227 e. The van der Waals surface area contributed by atoms with Gasteiger partial charge in [0.25, 0.3) is 0 Å². The Bertz CT molecular complexity index is 675. The number of sulfone groups is 1. The predicted octanol–water partition coefficient (Wildman–Crippen LogP) is 1.45. The fourth-order valence-electron chi connectivity index (χ4n) is 3.87. The number of aliphatic hydroxyl groups excluding tert-OH is 1. The third-order valence-corrected chi connectivity index (χ3v) is 7.24. The van der Waals surface area contributed by atoms with Gasteiger partial charge < -0.3 is 14.4 Å². The van der Waals surface area contributed by atoms with Gasteiger partial charge in [0, 0.05) is 19.8 Å². The number of hydrogen-bond donors (Lipinski definition) is 1. The molecule has 0 aliphatic carbocycles. The number of piperidine rings is 1. The van der Waals surface area contributed by atoms with Gasteiger partial charge in [0.2, 0.25) is 15.0 Å². The smallest absolute Gasteiger partial charge is 0.227 e. The van der Waals surface area contributed by atoms with E-state index in [4.69, 9.17) is 4.74 Å². The average Bonchev–Trinajstić information content (AvgIpc) is 3.27. The van der Waals surface area contributed by atoms with E-state index < -0.39 is 9.84 Å². The highest BCUT2D eigenvalue weighted by atomic mass is 32.2. The highest BCUT2D eigenvalue weighted by molar-refractivity contribution is 7.91. The minimum Gasteiger partial charge on any atom is -0.396 e. The van der Waals surface area contributed by atoms with Crippen molar-refractivity contribution in [3.63, 3.8) is 0 Å². The third-order valence-electron chi connectivity index (χ3n) is 5.41. The van der Waals surface area contributed by atoms with Gasteiger partial charge in [-0.15, -0.1) is 0 Å². The van der Waals surface area contributed by atoms with Crippen molar-refractivity contribution in [1.29, 1.82) is 0 Å². The molecule has 0 saturated carbocycles. The van der Waals surface area contributed by atoms with Crippen LogP contribution in [-0.4, -0.2) is 66.1 Å². The van der Waals surface area contributed by atoms with Crippen molar-refractivity contribution in [3.8, 4) is 0 Å². The lowest BCUT2D eigenvalue weighted by molar-refractivity contribution is 0.0916. The standard InChI is InChI=1S/C18H31N3O4S/c1-2-10-26(23,24)18-19-11-16(21(18)13-17-4-3-9-25-17)12-20-7-5-15(14-22)6-8-20/h11,15,17,22H,2-10,12-14H2,1H3. The predicted molar refractivity (Wildman–Crippen MR) is 98.6 cm³/mol. The normalized spacial score (nSPS) is 22.9. The maximum atomic E-state index is 12.6. The van der Waals surface area contributed by atoms with E-state index in [1.54, 1.807) is 6.20 Å². The molecule has 3 heterocycles. The molecule has 0 aromatic carbocycles. The van der Waals surface area contributed by atoms with Gasteiger partial charge in [-0.05, 0) is 51.1 Å². The molecule has 2 aliphatic heterocycles. The van der Waals surface area contributed by atoms with Gasteiger partial charge in [0.05, 0.1) is 30.3 Å². The Morgan fingerprint density at radius 2 is 2.08 bits per heavy atom. The number of likely N-dealkylation sites (tertiary alicyclic amines) is 1. The Hall–Kier alpha value is -0.960. The second-order valence-electron chi connectivity index (χ2n) is 7.50. The zero-order valence-corrected chi connectivity index (χ0v) is 16.5. The zero-order valence-electron chi connectivity index (χ0n) is 15.6. The summed E-state index contributed by atoms with van der Waals surface area (Å²) < 4.78 is 32.9. The molecule has 8 heteroatoms. The maximum absolute atomic E-state index is 12.6. The van der Waals surface area contributed by atoms with Gasteiger partial charge in [-0.2, -0.15) is 0 Å². The Morgan fingerprint density at radius 1 is 1.31 bits per heavy atom. The van der Waals surface area contributed by atoms with Gasteiger partial charge in [0.1, 0.15) is 0 Å². The molecule has 0 radical (unpaired) electrons. The molecular formula is C18H31N3O4S. The van der Waals surface area contributed by atoms with Crippen LogP contribution in [0.15, 0.2) is 11.4 Å². The summed E-state index contributed by atoms with van der Waals surface area (Å²) in [5.74, 6) is 0.514. The molecule has 0 spiro atoms. The van der Waals surface area contributed by atoms with Gasteiger partial charge >= 0.3 is 0 Å². The number of rotatable bonds is 8. The highest BCUT2D eigenvalue weighted by Gasteiger charge is 2.27. The second kappa shape index (κ2) is 8.82. The molecule has 3 rings (SSSR count). The summed E-state index contributed by atoms with van der Waals surface area (Å²) in [6, 6.07) is 0. The third kappa shape index (κ3) is 4.65. The summed E-state index contributed by atoms with van der Waals surface area (Å²) in [5.41, 5.74) is 0.942. The molecule has 26 heavy (non-hydrogen) atoms. The molecule has 7 nitrogen and oxygen atoms in total. The molecule has 148 valence electrons. The van der Waals surface area contributed by atoms with Crippen LogP contribution in [0.5, 0.6) is 0 Å². The van der Waals surface area contributed by atoms with E-state index in [0.29, 0.717) is 25.4 Å². The molecule has 1 N–H and O–H groups in total. The van der Waals surface area contributed by atoms with E-state index >= 15 is 0 Å². The first kappa shape index (κ1) is 19.8. The van der Waals surface area contributed by atoms with Crippen LogP contribution in [0, 0.1) is 5.92 Å². The summed E-state index contributed by atoms with van der Waals surface area (Å²) >= 11 is 0. The topological polar surface area (TPSA) is 84.7 Å². The molecule has 2 fully saturated rings. The minimum absolute atomic E-state index is 0.0682.